The van der Waals surface area contributed by atoms with Crippen molar-refractivity contribution in [2.75, 3.05) is 44.4 Å². The first-order chi connectivity index (χ1) is 14.9. The number of aromatic nitrogens is 2. The number of nitrogens with two attached hydrogens (primary N) is 1. The number of carbonyl (C=O) groups is 2. The van der Waals surface area contributed by atoms with Gasteiger partial charge in [0.2, 0.25) is 5.91 Å². The van der Waals surface area contributed by atoms with Gasteiger partial charge in [0.15, 0.2) is 5.78 Å². The molecule has 166 valence electrons. The van der Waals surface area contributed by atoms with Gasteiger partial charge in [-0.2, -0.15) is 0 Å². The van der Waals surface area contributed by atoms with Crippen molar-refractivity contribution in [2.45, 2.75) is 19.4 Å². The molecule has 2 aromatic rings. The Morgan fingerprint density at radius 3 is 2.71 bits per heavy atom. The van der Waals surface area contributed by atoms with Crippen molar-refractivity contribution in [3.05, 3.63) is 56.7 Å². The van der Waals surface area contributed by atoms with Crippen LogP contribution in [-0.4, -0.2) is 59.5 Å². The van der Waals surface area contributed by atoms with Crippen LogP contribution in [0.15, 0.2) is 39.9 Å². The van der Waals surface area contributed by atoms with Crippen LogP contribution in [0.5, 0.6) is 0 Å². The minimum atomic E-state index is -0.809. The molecule has 10 nitrogen and oxygen atoms in total. The number of para-hydroxylation sites is 1. The molecule has 0 aliphatic carbocycles. The highest BCUT2D eigenvalue weighted by Gasteiger charge is 2.28. The van der Waals surface area contributed by atoms with Gasteiger partial charge in [0, 0.05) is 19.3 Å². The smallest absolute Gasteiger partial charge is 0.330 e. The number of ketones is 1. The quantitative estimate of drug-likeness (QED) is 0.513. The van der Waals surface area contributed by atoms with Gasteiger partial charge in [-0.05, 0) is 31.5 Å². The minimum absolute atomic E-state index is 0.0646. The maximum Gasteiger partial charge on any atom is 0.330 e. The molecular weight excluding hydrogens is 402 g/mol. The normalized spacial score (nSPS) is 16.7. The maximum absolute atomic E-state index is 12.9. The number of rotatable bonds is 8. The Kier molecular flexibility index (Phi) is 7.37. The fraction of sp³-hybridized carbons (Fsp3) is 0.429. The van der Waals surface area contributed by atoms with Gasteiger partial charge in [-0.15, -0.1) is 0 Å². The number of amides is 1. The molecule has 1 unspecified atom stereocenters. The minimum Gasteiger partial charge on any atom is -0.384 e. The molecule has 2 heterocycles. The zero-order valence-corrected chi connectivity index (χ0v) is 17.4. The Morgan fingerprint density at radius 1 is 1.26 bits per heavy atom. The van der Waals surface area contributed by atoms with Crippen LogP contribution in [0.2, 0.25) is 0 Å². The first-order valence-electron chi connectivity index (χ1n) is 10.1. The van der Waals surface area contributed by atoms with E-state index in [1.165, 1.54) is 7.11 Å². The van der Waals surface area contributed by atoms with E-state index in [9.17, 15) is 19.2 Å². The average Bonchev–Trinajstić information content (AvgIpc) is 2.74. The molecule has 1 aliphatic rings. The van der Waals surface area contributed by atoms with Crippen LogP contribution in [0, 0.1) is 5.92 Å². The number of H-pyrrole nitrogens is 1. The second kappa shape index (κ2) is 10.2. The number of methoxy groups -OCH3 is 1. The number of anilines is 2. The standard InChI is InChI=1S/C21H27N5O5/c1-31-11-10-26-18(22)17(20(29)24-21(26)30)16(27)13-25-9-5-6-14(12-25)19(28)23-15-7-3-2-4-8-15/h2-4,7-8,14H,5-6,9-13,22H2,1H3,(H,23,28)(H,24,29,30). The maximum atomic E-state index is 12.9. The SMILES string of the molecule is COCCn1c(N)c(C(=O)CN2CCCC(C(=O)Nc3ccccc3)C2)c(=O)[nH]c1=O. The summed E-state index contributed by atoms with van der Waals surface area (Å²) in [5, 5.41) is 2.89. The van der Waals surface area contributed by atoms with Crippen molar-refractivity contribution < 1.29 is 14.3 Å². The molecular formula is C21H27N5O5. The van der Waals surface area contributed by atoms with Crippen LogP contribution < -0.4 is 22.3 Å². The lowest BCUT2D eigenvalue weighted by atomic mass is 9.96. The van der Waals surface area contributed by atoms with E-state index < -0.39 is 17.0 Å². The Balaban J connectivity index is 1.69. The van der Waals surface area contributed by atoms with Crippen LogP contribution in [0.4, 0.5) is 11.5 Å². The number of nitrogen functional groups attached to an aromatic ring is 1. The number of hydrogen-bond acceptors (Lipinski definition) is 7. The Labute approximate surface area is 179 Å². The summed E-state index contributed by atoms with van der Waals surface area (Å²) in [6.07, 6.45) is 1.47. The van der Waals surface area contributed by atoms with E-state index >= 15 is 0 Å². The van der Waals surface area contributed by atoms with Gasteiger partial charge >= 0.3 is 5.69 Å². The molecule has 3 rings (SSSR count). The first-order valence-corrected chi connectivity index (χ1v) is 10.1. The van der Waals surface area contributed by atoms with Crippen molar-refractivity contribution in [1.29, 1.82) is 0 Å². The Bertz CT molecular complexity index is 1050. The van der Waals surface area contributed by atoms with Crippen LogP contribution >= 0.6 is 0 Å². The number of aromatic amines is 1. The van der Waals surface area contributed by atoms with Crippen molar-refractivity contribution >= 4 is 23.2 Å². The van der Waals surface area contributed by atoms with Crippen LogP contribution in [0.25, 0.3) is 0 Å². The highest BCUT2D eigenvalue weighted by molar-refractivity contribution is 6.01. The third-order valence-electron chi connectivity index (χ3n) is 5.32. The number of nitrogens with one attached hydrogen (secondary N) is 2. The van der Waals surface area contributed by atoms with Crippen molar-refractivity contribution in [1.82, 2.24) is 14.5 Å². The van der Waals surface area contributed by atoms with E-state index in [4.69, 9.17) is 10.5 Å². The second-order valence-corrected chi connectivity index (χ2v) is 7.52. The Morgan fingerprint density at radius 2 is 2.00 bits per heavy atom. The predicted octanol–water partition coefficient (Wildman–Crippen LogP) is 0.299. The van der Waals surface area contributed by atoms with Crippen molar-refractivity contribution in [2.24, 2.45) is 5.92 Å². The van der Waals surface area contributed by atoms with Crippen molar-refractivity contribution in [3.8, 4) is 0 Å². The average molecular weight is 429 g/mol. The molecule has 1 fully saturated rings. The van der Waals surface area contributed by atoms with Crippen LogP contribution in [-0.2, 0) is 16.1 Å². The highest BCUT2D eigenvalue weighted by atomic mass is 16.5. The fourth-order valence-corrected chi connectivity index (χ4v) is 3.72. The van der Waals surface area contributed by atoms with E-state index in [1.54, 1.807) is 0 Å². The van der Waals surface area contributed by atoms with Gasteiger partial charge in [0.25, 0.3) is 5.56 Å². The lowest BCUT2D eigenvalue weighted by Crippen LogP contribution is -2.44. The van der Waals surface area contributed by atoms with E-state index in [0.717, 1.165) is 16.7 Å². The number of Topliss-reactive ketones (excluding diaryl/α,β-unsaturated/α-hetero) is 1. The summed E-state index contributed by atoms with van der Waals surface area (Å²) in [4.78, 5) is 53.7. The number of likely N-dealkylation sites (tertiary alicyclic amines) is 1. The highest BCUT2D eigenvalue weighted by Crippen LogP contribution is 2.19. The van der Waals surface area contributed by atoms with E-state index in [2.05, 4.69) is 10.3 Å². The molecule has 31 heavy (non-hydrogen) atoms. The topological polar surface area (TPSA) is 140 Å². The number of piperidine rings is 1. The predicted molar refractivity (Wildman–Crippen MR) is 116 cm³/mol. The lowest BCUT2D eigenvalue weighted by Gasteiger charge is -2.31. The first kappa shape index (κ1) is 22.4. The van der Waals surface area contributed by atoms with Gasteiger partial charge in [-0.1, -0.05) is 18.2 Å². The summed E-state index contributed by atoms with van der Waals surface area (Å²) in [7, 11) is 1.47. The second-order valence-electron chi connectivity index (χ2n) is 7.52. The molecule has 0 radical (unpaired) electrons. The summed E-state index contributed by atoms with van der Waals surface area (Å²) in [5.41, 5.74) is 4.96. The summed E-state index contributed by atoms with van der Waals surface area (Å²) in [6.45, 7) is 1.27. The molecule has 1 saturated heterocycles. The van der Waals surface area contributed by atoms with E-state index in [-0.39, 0.29) is 42.9 Å². The van der Waals surface area contributed by atoms with Gasteiger partial charge in [0.1, 0.15) is 11.4 Å². The molecule has 1 aromatic carbocycles. The number of benzene rings is 1. The number of carbonyl (C=O) groups excluding carboxylic acids is 2. The van der Waals surface area contributed by atoms with Gasteiger partial charge in [-0.25, -0.2) is 4.79 Å². The van der Waals surface area contributed by atoms with Crippen molar-refractivity contribution in [3.63, 3.8) is 0 Å². The van der Waals surface area contributed by atoms with Gasteiger partial charge in [-0.3, -0.25) is 28.8 Å². The molecule has 0 spiro atoms. The number of ether oxygens (including phenoxy) is 1. The third kappa shape index (κ3) is 5.47. The summed E-state index contributed by atoms with van der Waals surface area (Å²) in [6, 6.07) is 9.19. The molecule has 4 N–H and O–H groups in total. The largest absolute Gasteiger partial charge is 0.384 e. The van der Waals surface area contributed by atoms with Gasteiger partial charge < -0.3 is 15.8 Å². The van der Waals surface area contributed by atoms with Crippen LogP contribution in [0.3, 0.4) is 0 Å². The summed E-state index contributed by atoms with van der Waals surface area (Å²) >= 11 is 0. The van der Waals surface area contributed by atoms with Crippen LogP contribution in [0.1, 0.15) is 23.2 Å². The zero-order chi connectivity index (χ0) is 22.4. The monoisotopic (exact) mass is 429 g/mol. The molecule has 1 atom stereocenters. The fourth-order valence-electron chi connectivity index (χ4n) is 3.72. The third-order valence-corrected chi connectivity index (χ3v) is 5.32. The molecule has 0 saturated carbocycles. The molecule has 0 bridgehead atoms. The van der Waals surface area contributed by atoms with E-state index in [0.29, 0.717) is 19.5 Å². The molecule has 1 aromatic heterocycles. The molecule has 10 heteroatoms. The van der Waals surface area contributed by atoms with E-state index in [1.807, 2.05) is 35.2 Å². The lowest BCUT2D eigenvalue weighted by molar-refractivity contribution is -0.121. The van der Waals surface area contributed by atoms with Gasteiger partial charge in [0.05, 0.1) is 25.6 Å². The molecule has 1 amide bonds. The zero-order valence-electron chi connectivity index (χ0n) is 17.4. The number of nitrogens with zero attached hydrogens (tertiary/aromatic N) is 2. The number of hydrogen-bond donors (Lipinski definition) is 3. The Hall–Kier alpha value is -3.24. The summed E-state index contributed by atoms with van der Waals surface area (Å²) < 4.78 is 6.06. The molecule has 1 aliphatic heterocycles. The summed E-state index contributed by atoms with van der Waals surface area (Å²) in [5.74, 6) is -1.04.